The molecule has 0 radical (unpaired) electrons. The summed E-state index contributed by atoms with van der Waals surface area (Å²) in [5.41, 5.74) is 0.890. The van der Waals surface area contributed by atoms with Crippen LogP contribution >= 0.6 is 0 Å². The molecule has 0 saturated carbocycles. The number of pyridine rings is 1. The predicted molar refractivity (Wildman–Crippen MR) is 145 cm³/mol. The van der Waals surface area contributed by atoms with Crippen molar-refractivity contribution in [3.63, 3.8) is 0 Å². The van der Waals surface area contributed by atoms with Crippen LogP contribution < -0.4 is 24.8 Å². The summed E-state index contributed by atoms with van der Waals surface area (Å²) < 4.78 is 64.0. The fourth-order valence-corrected chi connectivity index (χ4v) is 4.08. The molecule has 13 heteroatoms. The average Bonchev–Trinajstić information content (AvgIpc) is 2.90. The summed E-state index contributed by atoms with van der Waals surface area (Å²) in [5.74, 6) is -0.501. The lowest BCUT2D eigenvalue weighted by molar-refractivity contribution is 0.262. The maximum atomic E-state index is 14.7. The van der Waals surface area contributed by atoms with Gasteiger partial charge >= 0.3 is 6.03 Å². The fraction of sp³-hybridized carbons (Fsp3) is 0.148. The van der Waals surface area contributed by atoms with Gasteiger partial charge in [0.1, 0.15) is 35.0 Å². The van der Waals surface area contributed by atoms with Crippen LogP contribution in [0.15, 0.2) is 66.9 Å². The number of urea groups is 1. The number of halogens is 2. The highest BCUT2D eigenvalue weighted by Gasteiger charge is 2.14. The molecule has 0 aliphatic heterocycles. The maximum Gasteiger partial charge on any atom is 0.323 e. The SMILES string of the molecule is CS(=O)(=O)NCCCOc1cc2nccc(Oc3ccc(NC(=O)Nc4ccc(F)cc4)c(F)c3)c2cc1C#N. The molecule has 0 saturated heterocycles. The quantitative estimate of drug-likeness (QED) is 0.225. The van der Waals surface area contributed by atoms with Crippen molar-refractivity contribution in [3.05, 3.63) is 84.1 Å². The molecule has 0 unspecified atom stereocenters. The van der Waals surface area contributed by atoms with Gasteiger partial charge in [-0.05, 0) is 55.0 Å². The van der Waals surface area contributed by atoms with Crippen molar-refractivity contribution < 1.29 is 31.5 Å². The van der Waals surface area contributed by atoms with Gasteiger partial charge in [0.25, 0.3) is 0 Å². The number of aromatic nitrogens is 1. The summed E-state index contributed by atoms with van der Waals surface area (Å²) in [7, 11) is -3.30. The van der Waals surface area contributed by atoms with Gasteiger partial charge in [-0.3, -0.25) is 4.98 Å². The van der Waals surface area contributed by atoms with E-state index in [9.17, 15) is 27.3 Å². The van der Waals surface area contributed by atoms with Crippen LogP contribution in [-0.4, -0.2) is 38.8 Å². The highest BCUT2D eigenvalue weighted by Crippen LogP contribution is 2.34. The Morgan fingerprint density at radius 2 is 1.80 bits per heavy atom. The van der Waals surface area contributed by atoms with E-state index in [1.54, 1.807) is 12.1 Å². The summed E-state index contributed by atoms with van der Waals surface area (Å²) in [6.45, 7) is 0.356. The number of nitrogens with zero attached hydrogens (tertiary/aromatic N) is 2. The van der Waals surface area contributed by atoms with Crippen LogP contribution in [-0.2, 0) is 10.0 Å². The standard InChI is InChI=1S/C27H23F2N5O5S/c1-40(36,37)32-10-2-12-38-26-15-24-21(13-17(26)16-30)25(9-11-31-24)39-20-7-8-23(22(29)14-20)34-27(35)33-19-5-3-18(28)4-6-19/h3-9,11,13-15,32H,2,10,12H2,1H3,(H2,33,34,35). The summed E-state index contributed by atoms with van der Waals surface area (Å²) in [4.78, 5) is 16.5. The molecule has 0 spiro atoms. The normalized spacial score (nSPS) is 11.1. The Bertz CT molecular complexity index is 1690. The Kier molecular flexibility index (Phi) is 8.73. The first-order chi connectivity index (χ1) is 19.1. The molecule has 0 atom stereocenters. The topological polar surface area (TPSA) is 142 Å². The van der Waals surface area contributed by atoms with Gasteiger partial charge in [0, 0.05) is 35.9 Å². The van der Waals surface area contributed by atoms with E-state index in [0.29, 0.717) is 28.8 Å². The molecule has 4 aromatic rings. The lowest BCUT2D eigenvalue weighted by Gasteiger charge is -2.13. The molecule has 3 N–H and O–H groups in total. The fourth-order valence-electron chi connectivity index (χ4n) is 3.56. The van der Waals surface area contributed by atoms with Gasteiger partial charge in [-0.1, -0.05) is 0 Å². The number of hydrogen-bond acceptors (Lipinski definition) is 7. The van der Waals surface area contributed by atoms with E-state index in [1.807, 2.05) is 0 Å². The van der Waals surface area contributed by atoms with E-state index >= 15 is 0 Å². The van der Waals surface area contributed by atoms with Crippen molar-refractivity contribution in [2.45, 2.75) is 6.42 Å². The van der Waals surface area contributed by atoms with Crippen molar-refractivity contribution >= 4 is 38.3 Å². The second kappa shape index (κ2) is 12.4. The van der Waals surface area contributed by atoms with Crippen molar-refractivity contribution in [2.24, 2.45) is 0 Å². The number of nitriles is 1. The molecule has 3 aromatic carbocycles. The minimum Gasteiger partial charge on any atom is -0.492 e. The van der Waals surface area contributed by atoms with E-state index in [2.05, 4.69) is 26.4 Å². The van der Waals surface area contributed by atoms with Crippen LogP contribution in [0.4, 0.5) is 25.0 Å². The van der Waals surface area contributed by atoms with Crippen molar-refractivity contribution in [3.8, 4) is 23.3 Å². The van der Waals surface area contributed by atoms with Gasteiger partial charge < -0.3 is 20.1 Å². The minimum atomic E-state index is -3.30. The molecule has 0 bridgehead atoms. The summed E-state index contributed by atoms with van der Waals surface area (Å²) in [5, 5.41) is 15.0. The number of fused-ring (bicyclic) bond motifs is 1. The van der Waals surface area contributed by atoms with Crippen LogP contribution in [0.3, 0.4) is 0 Å². The van der Waals surface area contributed by atoms with Crippen molar-refractivity contribution in [1.82, 2.24) is 9.71 Å². The van der Waals surface area contributed by atoms with Gasteiger partial charge in [0.15, 0.2) is 0 Å². The van der Waals surface area contributed by atoms with Crippen LogP contribution in [0.2, 0.25) is 0 Å². The van der Waals surface area contributed by atoms with Gasteiger partial charge in [0.05, 0.1) is 29.6 Å². The number of rotatable bonds is 10. The summed E-state index contributed by atoms with van der Waals surface area (Å²) in [6.07, 6.45) is 2.93. The molecule has 4 rings (SSSR count). The molecule has 0 aliphatic rings. The zero-order valence-corrected chi connectivity index (χ0v) is 21.9. The number of nitrogens with one attached hydrogen (secondary N) is 3. The number of benzene rings is 3. The number of carbonyl (C=O) groups excluding carboxylic acids is 1. The molecule has 40 heavy (non-hydrogen) atoms. The molecular formula is C27H23F2N5O5S. The van der Waals surface area contributed by atoms with Gasteiger partial charge in [-0.25, -0.2) is 26.7 Å². The maximum absolute atomic E-state index is 14.7. The first kappa shape index (κ1) is 28.2. The Morgan fingerprint density at radius 1 is 1.02 bits per heavy atom. The zero-order valence-electron chi connectivity index (χ0n) is 21.1. The molecule has 0 fully saturated rings. The number of ether oxygens (including phenoxy) is 2. The number of amides is 2. The monoisotopic (exact) mass is 567 g/mol. The highest BCUT2D eigenvalue weighted by atomic mass is 32.2. The van der Waals surface area contributed by atoms with Crippen molar-refractivity contribution in [2.75, 3.05) is 30.0 Å². The molecule has 206 valence electrons. The Balaban J connectivity index is 1.45. The lowest BCUT2D eigenvalue weighted by Crippen LogP contribution is -2.24. The number of anilines is 2. The molecule has 0 aliphatic carbocycles. The Morgan fingerprint density at radius 3 is 2.50 bits per heavy atom. The van der Waals surface area contributed by atoms with Crippen LogP contribution in [0.5, 0.6) is 17.2 Å². The number of hydrogen-bond donors (Lipinski definition) is 3. The third-order valence-corrected chi connectivity index (χ3v) is 6.11. The largest absolute Gasteiger partial charge is 0.492 e. The van der Waals surface area contributed by atoms with E-state index < -0.39 is 27.7 Å². The van der Waals surface area contributed by atoms with E-state index in [-0.39, 0.29) is 35.9 Å². The highest BCUT2D eigenvalue weighted by molar-refractivity contribution is 7.88. The Hall–Kier alpha value is -4.80. The van der Waals surface area contributed by atoms with Crippen LogP contribution in [0, 0.1) is 23.0 Å². The van der Waals surface area contributed by atoms with Gasteiger partial charge in [-0.15, -0.1) is 0 Å². The van der Waals surface area contributed by atoms with E-state index in [0.717, 1.165) is 12.3 Å². The second-order valence-corrected chi connectivity index (χ2v) is 10.3. The van der Waals surface area contributed by atoms with E-state index in [4.69, 9.17) is 9.47 Å². The minimum absolute atomic E-state index is 0.105. The molecule has 1 aromatic heterocycles. The zero-order chi connectivity index (χ0) is 28.7. The Labute approximate surface area is 228 Å². The molecule has 10 nitrogen and oxygen atoms in total. The number of carbonyl (C=O) groups is 1. The molecule has 2 amide bonds. The lowest BCUT2D eigenvalue weighted by atomic mass is 10.1. The third-order valence-electron chi connectivity index (χ3n) is 5.38. The van der Waals surface area contributed by atoms with E-state index in [1.165, 1.54) is 48.7 Å². The van der Waals surface area contributed by atoms with Crippen molar-refractivity contribution in [1.29, 1.82) is 5.26 Å². The van der Waals surface area contributed by atoms with Gasteiger partial charge in [-0.2, -0.15) is 5.26 Å². The van der Waals surface area contributed by atoms with Crippen LogP contribution in [0.25, 0.3) is 10.9 Å². The summed E-state index contributed by atoms with van der Waals surface area (Å²) >= 11 is 0. The predicted octanol–water partition coefficient (Wildman–Crippen LogP) is 5.14. The second-order valence-electron chi connectivity index (χ2n) is 8.48. The summed E-state index contributed by atoms with van der Waals surface area (Å²) in [6, 6.07) is 15.0. The van der Waals surface area contributed by atoms with Crippen LogP contribution in [0.1, 0.15) is 12.0 Å². The number of sulfonamides is 1. The average molecular weight is 568 g/mol. The smallest absolute Gasteiger partial charge is 0.323 e. The third kappa shape index (κ3) is 7.62. The molecule has 1 heterocycles. The first-order valence-corrected chi connectivity index (χ1v) is 13.7. The first-order valence-electron chi connectivity index (χ1n) is 11.8. The van der Waals surface area contributed by atoms with Gasteiger partial charge in [0.2, 0.25) is 10.0 Å². The molecular weight excluding hydrogens is 544 g/mol.